The number of carbonyl (C=O) groups is 1. The van der Waals surface area contributed by atoms with Crippen molar-refractivity contribution in [2.45, 2.75) is 18.2 Å². The lowest BCUT2D eigenvalue weighted by molar-refractivity contribution is -0.121. The van der Waals surface area contributed by atoms with Gasteiger partial charge >= 0.3 is 0 Å². The van der Waals surface area contributed by atoms with Gasteiger partial charge < -0.3 is 5.32 Å². The average Bonchev–Trinajstić information content (AvgIpc) is 2.64. The first-order chi connectivity index (χ1) is 12.4. The van der Waals surface area contributed by atoms with Gasteiger partial charge in [0.15, 0.2) is 0 Å². The van der Waals surface area contributed by atoms with Crippen LogP contribution >= 0.6 is 0 Å². The van der Waals surface area contributed by atoms with Gasteiger partial charge in [-0.15, -0.1) is 6.58 Å². The van der Waals surface area contributed by atoms with Gasteiger partial charge in [-0.2, -0.15) is 4.31 Å². The van der Waals surface area contributed by atoms with E-state index in [-0.39, 0.29) is 23.9 Å². The van der Waals surface area contributed by atoms with Gasteiger partial charge in [-0.05, 0) is 31.0 Å². The number of rotatable bonds is 9. The summed E-state index contributed by atoms with van der Waals surface area (Å²) in [5, 5.41) is 2.63. The summed E-state index contributed by atoms with van der Waals surface area (Å²) in [6.45, 7) is 5.74. The van der Waals surface area contributed by atoms with Crippen molar-refractivity contribution >= 4 is 15.9 Å². The largest absolute Gasteiger partial charge is 0.351 e. The van der Waals surface area contributed by atoms with Gasteiger partial charge in [0.2, 0.25) is 15.9 Å². The zero-order valence-electron chi connectivity index (χ0n) is 14.9. The fourth-order valence-electron chi connectivity index (χ4n) is 2.44. The summed E-state index contributed by atoms with van der Waals surface area (Å²) in [5.41, 5.74) is 1.99. The van der Waals surface area contributed by atoms with E-state index >= 15 is 0 Å². The van der Waals surface area contributed by atoms with Gasteiger partial charge in [-0.3, -0.25) is 4.79 Å². The molecular formula is C20H24N2O3S. The summed E-state index contributed by atoms with van der Waals surface area (Å²) in [5.74, 6) is -0.353. The topological polar surface area (TPSA) is 66.5 Å². The van der Waals surface area contributed by atoms with E-state index in [1.807, 2.05) is 37.3 Å². The molecule has 0 saturated carbocycles. The Bertz CT molecular complexity index is 831. The summed E-state index contributed by atoms with van der Waals surface area (Å²) in [7, 11) is -3.76. The Hall–Kier alpha value is -2.44. The Morgan fingerprint density at radius 2 is 1.77 bits per heavy atom. The van der Waals surface area contributed by atoms with E-state index in [2.05, 4.69) is 11.9 Å². The highest BCUT2D eigenvalue weighted by atomic mass is 32.2. The predicted molar refractivity (Wildman–Crippen MR) is 103 cm³/mol. The summed E-state index contributed by atoms with van der Waals surface area (Å²) in [6.07, 6.45) is 2.08. The predicted octanol–water partition coefficient (Wildman–Crippen LogP) is 2.53. The lowest BCUT2D eigenvalue weighted by Gasteiger charge is -2.22. The minimum atomic E-state index is -3.76. The third-order valence-corrected chi connectivity index (χ3v) is 5.77. The Morgan fingerprint density at radius 3 is 2.38 bits per heavy atom. The molecule has 138 valence electrons. The van der Waals surface area contributed by atoms with Crippen LogP contribution in [0.25, 0.3) is 0 Å². The van der Waals surface area contributed by atoms with Crippen molar-refractivity contribution in [1.82, 2.24) is 9.62 Å². The Kier molecular flexibility index (Phi) is 7.12. The third kappa shape index (κ3) is 5.54. The number of sulfonamides is 1. The summed E-state index contributed by atoms with van der Waals surface area (Å²) in [4.78, 5) is 12.3. The van der Waals surface area contributed by atoms with Crippen molar-refractivity contribution in [3.8, 4) is 0 Å². The molecule has 0 spiro atoms. The van der Waals surface area contributed by atoms with Crippen LogP contribution in [0.3, 0.4) is 0 Å². The van der Waals surface area contributed by atoms with Crippen molar-refractivity contribution in [2.24, 2.45) is 0 Å². The minimum absolute atomic E-state index is 0.188. The van der Waals surface area contributed by atoms with Crippen molar-refractivity contribution < 1.29 is 13.2 Å². The first kappa shape index (κ1) is 19.9. The molecule has 1 amide bonds. The fraction of sp³-hybridized carbons (Fsp3) is 0.250. The van der Waals surface area contributed by atoms with Crippen LogP contribution in [-0.4, -0.2) is 38.3 Å². The van der Waals surface area contributed by atoms with Gasteiger partial charge in [-0.25, -0.2) is 8.42 Å². The number of hydrogen-bond donors (Lipinski definition) is 1. The number of benzene rings is 2. The Balaban J connectivity index is 2.21. The maximum Gasteiger partial charge on any atom is 0.243 e. The number of amides is 1. The van der Waals surface area contributed by atoms with Crippen LogP contribution < -0.4 is 5.32 Å². The van der Waals surface area contributed by atoms with Crippen LogP contribution in [0.2, 0.25) is 0 Å². The van der Waals surface area contributed by atoms with Crippen molar-refractivity contribution in [2.75, 3.05) is 19.6 Å². The zero-order valence-corrected chi connectivity index (χ0v) is 15.7. The Morgan fingerprint density at radius 1 is 1.12 bits per heavy atom. The number of nitrogens with one attached hydrogen (secondary N) is 1. The number of aryl methyl sites for hydroxylation is 1. The zero-order chi connectivity index (χ0) is 19.0. The van der Waals surface area contributed by atoms with Crippen molar-refractivity contribution in [3.05, 3.63) is 78.4 Å². The minimum Gasteiger partial charge on any atom is -0.351 e. The van der Waals surface area contributed by atoms with Gasteiger partial charge in [0.1, 0.15) is 0 Å². The van der Waals surface area contributed by atoms with E-state index < -0.39 is 10.0 Å². The van der Waals surface area contributed by atoms with Crippen LogP contribution in [0.15, 0.2) is 72.1 Å². The summed E-state index contributed by atoms with van der Waals surface area (Å²) in [6, 6.07) is 16.2. The molecule has 6 heteroatoms. The standard InChI is InChI=1S/C20H24N2O3S/c1-3-14-21-20(23)16-22(15-13-18-7-5-4-6-8-18)26(24,25)19-11-9-17(2)10-12-19/h3-12H,1,13-16H2,2H3,(H,21,23). The molecule has 0 fully saturated rings. The number of hydrogen-bond acceptors (Lipinski definition) is 3. The molecule has 5 nitrogen and oxygen atoms in total. The van der Waals surface area contributed by atoms with E-state index in [1.165, 1.54) is 4.31 Å². The third-order valence-electron chi connectivity index (χ3n) is 3.91. The molecule has 2 aromatic rings. The van der Waals surface area contributed by atoms with Crippen LogP contribution in [0.1, 0.15) is 11.1 Å². The maximum atomic E-state index is 13.0. The second kappa shape index (κ2) is 9.31. The number of nitrogens with zero attached hydrogens (tertiary/aromatic N) is 1. The van der Waals surface area contributed by atoms with Gasteiger partial charge in [-0.1, -0.05) is 54.1 Å². The molecule has 0 radical (unpaired) electrons. The molecular weight excluding hydrogens is 348 g/mol. The molecule has 0 aliphatic carbocycles. The maximum absolute atomic E-state index is 13.0. The summed E-state index contributed by atoms with van der Waals surface area (Å²) < 4.78 is 27.2. The first-order valence-corrected chi connectivity index (χ1v) is 9.86. The lowest BCUT2D eigenvalue weighted by atomic mass is 10.1. The highest BCUT2D eigenvalue weighted by Gasteiger charge is 2.26. The highest BCUT2D eigenvalue weighted by Crippen LogP contribution is 2.17. The molecule has 0 bridgehead atoms. The molecule has 26 heavy (non-hydrogen) atoms. The van der Waals surface area contributed by atoms with Crippen LogP contribution in [0, 0.1) is 6.92 Å². The molecule has 0 aromatic heterocycles. The molecule has 0 unspecified atom stereocenters. The van der Waals surface area contributed by atoms with Gasteiger partial charge in [0.25, 0.3) is 0 Å². The van der Waals surface area contributed by atoms with Crippen molar-refractivity contribution in [3.63, 3.8) is 0 Å². The van der Waals surface area contributed by atoms with E-state index in [9.17, 15) is 13.2 Å². The fourth-order valence-corrected chi connectivity index (χ4v) is 3.84. The first-order valence-electron chi connectivity index (χ1n) is 8.42. The molecule has 1 N–H and O–H groups in total. The second-order valence-corrected chi connectivity index (χ2v) is 7.92. The van der Waals surface area contributed by atoms with E-state index in [0.717, 1.165) is 11.1 Å². The smallest absolute Gasteiger partial charge is 0.243 e. The van der Waals surface area contributed by atoms with Crippen LogP contribution in [0.4, 0.5) is 0 Å². The normalized spacial score (nSPS) is 11.3. The number of carbonyl (C=O) groups excluding carboxylic acids is 1. The molecule has 2 aromatic carbocycles. The van der Waals surface area contributed by atoms with Gasteiger partial charge in [0, 0.05) is 13.1 Å². The summed E-state index contributed by atoms with van der Waals surface area (Å²) >= 11 is 0. The molecule has 2 rings (SSSR count). The molecule has 0 heterocycles. The van der Waals surface area contributed by atoms with Crippen molar-refractivity contribution in [1.29, 1.82) is 0 Å². The molecule has 0 aliphatic rings. The molecule has 0 aliphatic heterocycles. The van der Waals surface area contributed by atoms with Gasteiger partial charge in [0.05, 0.1) is 11.4 Å². The van der Waals surface area contributed by atoms with E-state index in [1.54, 1.807) is 30.3 Å². The highest BCUT2D eigenvalue weighted by molar-refractivity contribution is 7.89. The quantitative estimate of drug-likeness (QED) is 0.688. The average molecular weight is 372 g/mol. The SMILES string of the molecule is C=CCNC(=O)CN(CCc1ccccc1)S(=O)(=O)c1ccc(C)cc1. The molecule has 0 saturated heterocycles. The van der Waals surface area contributed by atoms with E-state index in [0.29, 0.717) is 13.0 Å². The van der Waals surface area contributed by atoms with Crippen LogP contribution in [-0.2, 0) is 21.2 Å². The van der Waals surface area contributed by atoms with Crippen LogP contribution in [0.5, 0.6) is 0 Å². The molecule has 0 atom stereocenters. The lowest BCUT2D eigenvalue weighted by Crippen LogP contribution is -2.41. The monoisotopic (exact) mass is 372 g/mol. The second-order valence-electron chi connectivity index (χ2n) is 5.98. The van der Waals surface area contributed by atoms with E-state index in [4.69, 9.17) is 0 Å². The Labute approximate surface area is 155 Å².